The van der Waals surface area contributed by atoms with Gasteiger partial charge in [0.1, 0.15) is 0 Å². The summed E-state index contributed by atoms with van der Waals surface area (Å²) in [6.07, 6.45) is 0. The molecule has 114 valence electrons. The van der Waals surface area contributed by atoms with E-state index in [0.29, 0.717) is 9.94 Å². The third-order valence-electron chi connectivity index (χ3n) is 3.55. The molecule has 0 radical (unpaired) electrons. The van der Waals surface area contributed by atoms with Crippen molar-refractivity contribution in [2.75, 3.05) is 4.90 Å². The molecule has 2 N–H and O–H groups in total. The van der Waals surface area contributed by atoms with Gasteiger partial charge in [-0.2, -0.15) is 0 Å². The molecule has 0 fully saturated rings. The van der Waals surface area contributed by atoms with Gasteiger partial charge >= 0.3 is 7.12 Å². The lowest BCUT2D eigenvalue weighted by atomic mass is 9.80. The number of hydrogen-bond donors (Lipinski definition) is 2. The lowest BCUT2D eigenvalue weighted by Crippen LogP contribution is -2.31. The van der Waals surface area contributed by atoms with E-state index in [9.17, 15) is 10.0 Å². The monoisotopic (exact) mass is 367 g/mol. The Morgan fingerprint density at radius 2 is 1.22 bits per heavy atom. The standard InChI is InChI=1S/C18H15BBrNO2/c20-18-13-16(11-12-17(18)19(22)23)21(14-7-3-1-4-8-14)15-9-5-2-6-10-15/h1-13,22-23H. The molecule has 0 saturated carbocycles. The van der Waals surface area contributed by atoms with E-state index >= 15 is 0 Å². The first-order valence-electron chi connectivity index (χ1n) is 7.22. The molecule has 0 heterocycles. The molecule has 0 aliphatic carbocycles. The molecule has 23 heavy (non-hydrogen) atoms. The third-order valence-corrected chi connectivity index (χ3v) is 4.24. The van der Waals surface area contributed by atoms with Crippen molar-refractivity contribution >= 4 is 45.6 Å². The average molecular weight is 368 g/mol. The second-order valence-electron chi connectivity index (χ2n) is 5.09. The molecule has 0 atom stereocenters. The Kier molecular flexibility index (Phi) is 4.81. The van der Waals surface area contributed by atoms with Gasteiger partial charge in [-0.05, 0) is 41.9 Å². The summed E-state index contributed by atoms with van der Waals surface area (Å²) in [5.41, 5.74) is 3.43. The Bertz CT molecular complexity index is 742. The van der Waals surface area contributed by atoms with Gasteiger partial charge in [-0.3, -0.25) is 0 Å². The van der Waals surface area contributed by atoms with Crippen LogP contribution in [0.2, 0.25) is 0 Å². The Labute approximate surface area is 144 Å². The van der Waals surface area contributed by atoms with Crippen LogP contribution >= 0.6 is 15.9 Å². The summed E-state index contributed by atoms with van der Waals surface area (Å²) in [4.78, 5) is 2.11. The molecular weight excluding hydrogens is 353 g/mol. The van der Waals surface area contributed by atoms with Crippen LogP contribution in [0.15, 0.2) is 83.3 Å². The maximum atomic E-state index is 9.38. The minimum atomic E-state index is -1.50. The highest BCUT2D eigenvalue weighted by Gasteiger charge is 2.18. The molecule has 3 rings (SSSR count). The normalized spacial score (nSPS) is 10.4. The summed E-state index contributed by atoms with van der Waals surface area (Å²) < 4.78 is 0.655. The molecular formula is C18H15BBrNO2. The van der Waals surface area contributed by atoms with Crippen molar-refractivity contribution in [2.24, 2.45) is 0 Å². The first kappa shape index (κ1) is 15.8. The predicted molar refractivity (Wildman–Crippen MR) is 98.7 cm³/mol. The zero-order valence-electron chi connectivity index (χ0n) is 12.3. The van der Waals surface area contributed by atoms with Gasteiger partial charge in [0, 0.05) is 21.5 Å². The number of hydrogen-bond acceptors (Lipinski definition) is 3. The van der Waals surface area contributed by atoms with Crippen LogP contribution in [0.1, 0.15) is 0 Å². The maximum absolute atomic E-state index is 9.38. The quantitative estimate of drug-likeness (QED) is 0.692. The van der Waals surface area contributed by atoms with Crippen molar-refractivity contribution in [3.05, 3.63) is 83.3 Å². The number of nitrogens with zero attached hydrogens (tertiary/aromatic N) is 1. The van der Waals surface area contributed by atoms with Crippen molar-refractivity contribution < 1.29 is 10.0 Å². The smallest absolute Gasteiger partial charge is 0.423 e. The summed E-state index contributed by atoms with van der Waals surface area (Å²) in [5, 5.41) is 18.8. The first-order chi connectivity index (χ1) is 11.2. The van der Waals surface area contributed by atoms with Gasteiger partial charge in [0.2, 0.25) is 0 Å². The van der Waals surface area contributed by atoms with Crippen LogP contribution in [-0.4, -0.2) is 17.2 Å². The van der Waals surface area contributed by atoms with E-state index in [0.717, 1.165) is 17.1 Å². The molecule has 0 amide bonds. The number of benzene rings is 3. The Morgan fingerprint density at radius 3 is 1.65 bits per heavy atom. The molecule has 0 aliphatic rings. The molecule has 0 unspecified atom stereocenters. The van der Waals surface area contributed by atoms with Crippen molar-refractivity contribution in [2.45, 2.75) is 0 Å². The summed E-state index contributed by atoms with van der Waals surface area (Å²) in [6, 6.07) is 25.5. The summed E-state index contributed by atoms with van der Waals surface area (Å²) in [5.74, 6) is 0. The number of rotatable bonds is 4. The summed E-state index contributed by atoms with van der Waals surface area (Å²) in [7, 11) is -1.50. The zero-order valence-corrected chi connectivity index (χ0v) is 13.9. The van der Waals surface area contributed by atoms with Crippen LogP contribution in [0.4, 0.5) is 17.1 Å². The van der Waals surface area contributed by atoms with Crippen molar-refractivity contribution in [1.82, 2.24) is 0 Å². The van der Waals surface area contributed by atoms with Gasteiger partial charge < -0.3 is 14.9 Å². The predicted octanol–water partition coefficient (Wildman–Crippen LogP) is 3.60. The van der Waals surface area contributed by atoms with E-state index < -0.39 is 7.12 Å². The fourth-order valence-corrected chi connectivity index (χ4v) is 3.04. The van der Waals surface area contributed by atoms with E-state index in [1.165, 1.54) is 0 Å². The summed E-state index contributed by atoms with van der Waals surface area (Å²) in [6.45, 7) is 0. The number of anilines is 3. The Morgan fingerprint density at radius 1 is 0.696 bits per heavy atom. The number of halogens is 1. The lowest BCUT2D eigenvalue weighted by Gasteiger charge is -2.26. The van der Waals surface area contributed by atoms with Gasteiger partial charge in [-0.25, -0.2) is 0 Å². The van der Waals surface area contributed by atoms with E-state index in [1.807, 2.05) is 72.8 Å². The highest BCUT2D eigenvalue weighted by atomic mass is 79.9. The highest BCUT2D eigenvalue weighted by molar-refractivity contribution is 9.10. The number of para-hydroxylation sites is 2. The molecule has 3 aromatic rings. The van der Waals surface area contributed by atoms with Crippen molar-refractivity contribution in [3.63, 3.8) is 0 Å². The first-order valence-corrected chi connectivity index (χ1v) is 8.02. The molecule has 3 nitrogen and oxygen atoms in total. The third kappa shape index (κ3) is 3.47. The van der Waals surface area contributed by atoms with Crippen LogP contribution < -0.4 is 10.4 Å². The van der Waals surface area contributed by atoms with E-state index in [2.05, 4.69) is 20.8 Å². The largest absolute Gasteiger partial charge is 0.489 e. The SMILES string of the molecule is OB(O)c1ccc(N(c2ccccc2)c2ccccc2)cc1Br. The van der Waals surface area contributed by atoms with Gasteiger partial charge in [-0.1, -0.05) is 58.4 Å². The fraction of sp³-hybridized carbons (Fsp3) is 0. The second kappa shape index (κ2) is 7.00. The van der Waals surface area contributed by atoms with E-state index in [-0.39, 0.29) is 0 Å². The molecule has 0 spiro atoms. The fourth-order valence-electron chi connectivity index (χ4n) is 2.47. The zero-order chi connectivity index (χ0) is 16.2. The molecule has 5 heteroatoms. The van der Waals surface area contributed by atoms with Crippen LogP contribution in [0.25, 0.3) is 0 Å². The Hall–Kier alpha value is -2.08. The van der Waals surface area contributed by atoms with Crippen LogP contribution in [0.3, 0.4) is 0 Å². The molecule has 3 aromatic carbocycles. The van der Waals surface area contributed by atoms with Gasteiger partial charge in [-0.15, -0.1) is 0 Å². The average Bonchev–Trinajstić information content (AvgIpc) is 2.57. The second-order valence-corrected chi connectivity index (χ2v) is 5.94. The van der Waals surface area contributed by atoms with E-state index in [1.54, 1.807) is 6.07 Å². The molecule has 0 aromatic heterocycles. The van der Waals surface area contributed by atoms with Crippen LogP contribution in [-0.2, 0) is 0 Å². The highest BCUT2D eigenvalue weighted by Crippen LogP contribution is 2.34. The maximum Gasteiger partial charge on any atom is 0.489 e. The summed E-state index contributed by atoms with van der Waals surface area (Å²) >= 11 is 3.41. The van der Waals surface area contributed by atoms with Crippen LogP contribution in [0, 0.1) is 0 Å². The minimum absolute atomic E-state index is 0.440. The van der Waals surface area contributed by atoms with Gasteiger partial charge in [0.25, 0.3) is 0 Å². The molecule has 0 aliphatic heterocycles. The van der Waals surface area contributed by atoms with Crippen molar-refractivity contribution in [3.8, 4) is 0 Å². The topological polar surface area (TPSA) is 43.7 Å². The van der Waals surface area contributed by atoms with Gasteiger partial charge in [0.15, 0.2) is 0 Å². The molecule has 0 saturated heterocycles. The lowest BCUT2D eigenvalue weighted by molar-refractivity contribution is 0.425. The Balaban J connectivity index is 2.11. The van der Waals surface area contributed by atoms with Gasteiger partial charge in [0.05, 0.1) is 0 Å². The van der Waals surface area contributed by atoms with Crippen molar-refractivity contribution in [1.29, 1.82) is 0 Å². The van der Waals surface area contributed by atoms with Crippen LogP contribution in [0.5, 0.6) is 0 Å². The molecule has 0 bridgehead atoms. The minimum Gasteiger partial charge on any atom is -0.423 e. The van der Waals surface area contributed by atoms with E-state index in [4.69, 9.17) is 0 Å².